The Morgan fingerprint density at radius 3 is 2.66 bits per heavy atom. The van der Waals surface area contributed by atoms with Crippen LogP contribution in [0.15, 0.2) is 40.9 Å². The van der Waals surface area contributed by atoms with E-state index in [9.17, 15) is 18.4 Å². The summed E-state index contributed by atoms with van der Waals surface area (Å²) in [7, 11) is 1.53. The minimum Gasteiger partial charge on any atom is -0.494 e. The summed E-state index contributed by atoms with van der Waals surface area (Å²) in [6.07, 6.45) is 1.82. The van der Waals surface area contributed by atoms with Gasteiger partial charge in [0.05, 0.1) is 17.8 Å². The number of hydrogen-bond acceptors (Lipinski definition) is 6. The summed E-state index contributed by atoms with van der Waals surface area (Å²) >= 11 is 9.75. The van der Waals surface area contributed by atoms with Gasteiger partial charge < -0.3 is 20.5 Å². The van der Waals surface area contributed by atoms with Crippen molar-refractivity contribution in [1.29, 1.82) is 0 Å². The minimum atomic E-state index is -1.21. The van der Waals surface area contributed by atoms with Crippen LogP contribution in [0.1, 0.15) is 53.0 Å². The molecule has 1 aliphatic heterocycles. The van der Waals surface area contributed by atoms with Gasteiger partial charge in [-0.2, -0.15) is 0 Å². The second kappa shape index (κ2) is 11.3. The Morgan fingerprint density at radius 1 is 1.23 bits per heavy atom. The van der Waals surface area contributed by atoms with E-state index < -0.39 is 28.0 Å². The van der Waals surface area contributed by atoms with Crippen molar-refractivity contribution in [1.82, 2.24) is 15.3 Å². The van der Waals surface area contributed by atoms with Gasteiger partial charge in [0.1, 0.15) is 34.7 Å². The molecule has 2 aromatic carbocycles. The predicted octanol–water partition coefficient (Wildman–Crippen LogP) is 6.37. The van der Waals surface area contributed by atoms with Crippen molar-refractivity contribution in [3.8, 4) is 22.8 Å². The van der Waals surface area contributed by atoms with Crippen LogP contribution in [0.25, 0.3) is 22.2 Å². The Balaban J connectivity index is 1.38. The largest absolute Gasteiger partial charge is 0.494 e. The van der Waals surface area contributed by atoms with Crippen molar-refractivity contribution in [3.05, 3.63) is 80.0 Å². The van der Waals surface area contributed by atoms with Gasteiger partial charge in [-0.05, 0) is 84.9 Å². The number of halogens is 4. The number of methoxy groups -OCH3 is 1. The maximum atomic E-state index is 14.6. The molecule has 0 unspecified atom stereocenters. The summed E-state index contributed by atoms with van der Waals surface area (Å²) in [5, 5.41) is 3.32. The number of carbonyl (C=O) groups excluding carboxylic acids is 2. The molecule has 6 rings (SSSR count). The number of hydrogen-bond donors (Lipinski definition) is 2. The Bertz CT molecular complexity index is 1870. The number of rotatable bonds is 8. The molecule has 2 aromatic heterocycles. The Kier molecular flexibility index (Phi) is 7.73. The van der Waals surface area contributed by atoms with Crippen LogP contribution >= 0.6 is 27.5 Å². The average molecular weight is 686 g/mol. The summed E-state index contributed by atoms with van der Waals surface area (Å²) in [6.45, 7) is 3.72. The average Bonchev–Trinajstić information content (AvgIpc) is 3.78. The number of ether oxygens (including phenoxy) is 2. The minimum absolute atomic E-state index is 0.0454. The third-order valence-corrected chi connectivity index (χ3v) is 9.65. The number of nitrogens with zero attached hydrogens (tertiary/aromatic N) is 2. The highest BCUT2D eigenvalue weighted by molar-refractivity contribution is 9.10. The summed E-state index contributed by atoms with van der Waals surface area (Å²) in [6, 6.07) is 9.35. The first-order valence-corrected chi connectivity index (χ1v) is 15.1. The number of nitrogens with one attached hydrogen (secondary N) is 1. The highest BCUT2D eigenvalue weighted by Gasteiger charge is 2.45. The summed E-state index contributed by atoms with van der Waals surface area (Å²) in [5.41, 5.74) is 7.78. The zero-order valence-corrected chi connectivity index (χ0v) is 26.4. The standard InChI is InChI=1S/C32H28BrClF2N4O4/c1-14-21(33)9-16-8-17(10-24(43-3)27(16)39-14)30(41)38-12-19(15-4-5-15)23-11-20-29(44-13-32(20,2)31(37)42)28(40-23)18-6-7-22(35)26(36)25(18)34/h6-11,15,19H,4-5,12-13H2,1-3H3,(H2,37,42)(H,38,41)/t19-,32-/m0/s1. The lowest BCUT2D eigenvalue weighted by atomic mass is 9.82. The van der Waals surface area contributed by atoms with Crippen molar-refractivity contribution in [3.63, 3.8) is 0 Å². The lowest BCUT2D eigenvalue weighted by molar-refractivity contribution is -0.123. The van der Waals surface area contributed by atoms with Gasteiger partial charge in [-0.15, -0.1) is 0 Å². The number of fused-ring (bicyclic) bond motifs is 2. The van der Waals surface area contributed by atoms with Gasteiger partial charge >= 0.3 is 0 Å². The van der Waals surface area contributed by atoms with Crippen molar-refractivity contribution in [2.45, 2.75) is 38.0 Å². The van der Waals surface area contributed by atoms with Crippen molar-refractivity contribution >= 4 is 50.2 Å². The fourth-order valence-electron chi connectivity index (χ4n) is 5.61. The van der Waals surface area contributed by atoms with E-state index in [4.69, 9.17) is 31.8 Å². The van der Waals surface area contributed by atoms with Crippen molar-refractivity contribution in [2.24, 2.45) is 11.7 Å². The highest BCUT2D eigenvalue weighted by atomic mass is 79.9. The van der Waals surface area contributed by atoms with E-state index in [2.05, 4.69) is 26.2 Å². The second-order valence-electron chi connectivity index (χ2n) is 11.4. The van der Waals surface area contributed by atoms with E-state index in [0.717, 1.165) is 34.5 Å². The molecule has 228 valence electrons. The first-order chi connectivity index (χ1) is 20.9. The number of pyridine rings is 2. The molecule has 4 aromatic rings. The van der Waals surface area contributed by atoms with E-state index in [-0.39, 0.29) is 47.9 Å². The fraction of sp³-hybridized carbons (Fsp3) is 0.312. The van der Waals surface area contributed by atoms with Crippen LogP contribution in [0.3, 0.4) is 0 Å². The van der Waals surface area contributed by atoms with Gasteiger partial charge in [0.25, 0.3) is 5.91 Å². The third-order valence-electron chi connectivity index (χ3n) is 8.47. The first kappa shape index (κ1) is 30.2. The molecule has 1 saturated carbocycles. The normalized spacial score (nSPS) is 18.1. The van der Waals surface area contributed by atoms with Crippen LogP contribution in [0.5, 0.6) is 11.5 Å². The SMILES string of the molecule is COc1cc(C(=O)NC[C@H](c2cc3c(c(-c4ccc(F)c(F)c4Cl)n2)OC[C@]3(C)C(N)=O)C2CC2)cc2cc(Br)c(C)nc12. The molecule has 0 bridgehead atoms. The quantitative estimate of drug-likeness (QED) is 0.209. The van der Waals surface area contributed by atoms with E-state index in [0.29, 0.717) is 28.1 Å². The lowest BCUT2D eigenvalue weighted by Gasteiger charge is -2.22. The molecule has 3 heterocycles. The van der Waals surface area contributed by atoms with Crippen molar-refractivity contribution < 1.29 is 27.8 Å². The molecule has 2 amide bonds. The number of amides is 2. The molecule has 2 atom stereocenters. The van der Waals surface area contributed by atoms with Crippen LogP contribution in [-0.4, -0.2) is 42.0 Å². The zero-order chi connectivity index (χ0) is 31.5. The number of aryl methyl sites for hydroxylation is 1. The van der Waals surface area contributed by atoms with Gasteiger partial charge in [-0.25, -0.2) is 18.7 Å². The molecule has 0 saturated heterocycles. The van der Waals surface area contributed by atoms with Gasteiger partial charge in [0.2, 0.25) is 5.91 Å². The summed E-state index contributed by atoms with van der Waals surface area (Å²) in [5.74, 6) is -2.58. The fourth-order valence-corrected chi connectivity index (χ4v) is 6.19. The topological polar surface area (TPSA) is 116 Å². The maximum absolute atomic E-state index is 14.6. The molecule has 2 aliphatic rings. The van der Waals surface area contributed by atoms with Crippen LogP contribution in [-0.2, 0) is 10.2 Å². The Hall–Kier alpha value is -3.83. The first-order valence-electron chi connectivity index (χ1n) is 14.0. The van der Waals surface area contributed by atoms with Gasteiger partial charge in [-0.3, -0.25) is 9.59 Å². The molecule has 12 heteroatoms. The molecular formula is C32H28BrClF2N4O4. The summed E-state index contributed by atoms with van der Waals surface area (Å²) < 4.78 is 40.8. The van der Waals surface area contributed by atoms with Crippen LogP contribution < -0.4 is 20.5 Å². The van der Waals surface area contributed by atoms with Gasteiger partial charge in [0, 0.05) is 44.7 Å². The molecule has 1 aliphatic carbocycles. The summed E-state index contributed by atoms with van der Waals surface area (Å²) in [4.78, 5) is 35.5. The monoisotopic (exact) mass is 684 g/mol. The number of primary amides is 1. The molecule has 8 nitrogen and oxygen atoms in total. The third kappa shape index (κ3) is 5.15. The molecule has 1 fully saturated rings. The molecule has 0 spiro atoms. The number of benzene rings is 2. The van der Waals surface area contributed by atoms with Crippen LogP contribution in [0.2, 0.25) is 5.02 Å². The predicted molar refractivity (Wildman–Crippen MR) is 165 cm³/mol. The van der Waals surface area contributed by atoms with E-state index in [1.807, 2.05) is 13.0 Å². The van der Waals surface area contributed by atoms with E-state index >= 15 is 0 Å². The molecule has 44 heavy (non-hydrogen) atoms. The lowest BCUT2D eigenvalue weighted by Crippen LogP contribution is -2.40. The number of carbonyl (C=O) groups is 2. The van der Waals surface area contributed by atoms with Gasteiger partial charge in [0.15, 0.2) is 11.6 Å². The molecular weight excluding hydrogens is 658 g/mol. The Labute approximate surface area is 265 Å². The number of nitrogens with two attached hydrogens (primary N) is 1. The zero-order valence-electron chi connectivity index (χ0n) is 24.1. The number of aromatic nitrogens is 2. The van der Waals surface area contributed by atoms with E-state index in [1.54, 1.807) is 25.1 Å². The van der Waals surface area contributed by atoms with E-state index in [1.165, 1.54) is 13.2 Å². The molecule has 0 radical (unpaired) electrons. The Morgan fingerprint density at radius 2 is 1.98 bits per heavy atom. The second-order valence-corrected chi connectivity index (χ2v) is 12.7. The highest BCUT2D eigenvalue weighted by Crippen LogP contribution is 2.49. The smallest absolute Gasteiger partial charge is 0.251 e. The van der Waals surface area contributed by atoms with Crippen molar-refractivity contribution in [2.75, 3.05) is 20.3 Å². The molecule has 3 N–H and O–H groups in total. The van der Waals surface area contributed by atoms with Crippen LogP contribution in [0.4, 0.5) is 8.78 Å². The van der Waals surface area contributed by atoms with Crippen LogP contribution in [0, 0.1) is 24.5 Å². The maximum Gasteiger partial charge on any atom is 0.251 e. The van der Waals surface area contributed by atoms with Gasteiger partial charge in [-0.1, -0.05) is 11.6 Å².